The molecule has 0 aliphatic heterocycles. The highest BCUT2D eigenvalue weighted by Gasteiger charge is 2.09. The first kappa shape index (κ1) is 14.0. The second kappa shape index (κ2) is 6.18. The minimum atomic E-state index is -0.383. The Hall–Kier alpha value is -2.38. The molecule has 0 saturated heterocycles. The van der Waals surface area contributed by atoms with Crippen molar-refractivity contribution in [3.63, 3.8) is 0 Å². The number of halogens is 1. The third kappa shape index (κ3) is 2.95. The first-order valence-corrected chi connectivity index (χ1v) is 6.25. The van der Waals surface area contributed by atoms with Crippen LogP contribution in [0, 0.1) is 24.1 Å². The number of nitrogens with two attached hydrogens (primary N) is 1. The molecule has 0 spiro atoms. The van der Waals surface area contributed by atoms with Crippen molar-refractivity contribution < 1.29 is 9.13 Å². The van der Waals surface area contributed by atoms with Crippen LogP contribution < -0.4 is 10.5 Å². The Morgan fingerprint density at radius 2 is 2.05 bits per heavy atom. The summed E-state index contributed by atoms with van der Waals surface area (Å²) in [6.45, 7) is 2.34. The van der Waals surface area contributed by atoms with Gasteiger partial charge in [0, 0.05) is 17.7 Å². The fourth-order valence-corrected chi connectivity index (χ4v) is 1.99. The van der Waals surface area contributed by atoms with Crippen LogP contribution in [0.4, 0.5) is 4.39 Å². The summed E-state index contributed by atoms with van der Waals surface area (Å²) >= 11 is 0. The number of nitriles is 1. The Morgan fingerprint density at radius 3 is 2.75 bits per heavy atom. The van der Waals surface area contributed by atoms with E-state index in [9.17, 15) is 4.39 Å². The molecule has 0 fully saturated rings. The van der Waals surface area contributed by atoms with Crippen molar-refractivity contribution in [1.29, 1.82) is 5.26 Å². The van der Waals surface area contributed by atoms with Gasteiger partial charge in [-0.25, -0.2) is 4.39 Å². The maximum absolute atomic E-state index is 13.7. The van der Waals surface area contributed by atoms with Gasteiger partial charge in [-0.05, 0) is 30.7 Å². The van der Waals surface area contributed by atoms with E-state index in [1.807, 2.05) is 31.2 Å². The molecule has 0 heterocycles. The Labute approximate surface area is 117 Å². The summed E-state index contributed by atoms with van der Waals surface area (Å²) in [6, 6.07) is 11.9. The number of ether oxygens (including phenoxy) is 1. The van der Waals surface area contributed by atoms with Crippen molar-refractivity contribution >= 4 is 0 Å². The van der Waals surface area contributed by atoms with Gasteiger partial charge in [0.15, 0.2) is 0 Å². The topological polar surface area (TPSA) is 59.0 Å². The van der Waals surface area contributed by atoms with Crippen LogP contribution in [0.15, 0.2) is 36.4 Å². The van der Waals surface area contributed by atoms with Gasteiger partial charge in [-0.2, -0.15) is 5.26 Å². The fraction of sp³-hybridized carbons (Fsp3) is 0.188. The van der Waals surface area contributed by atoms with Gasteiger partial charge in [0.1, 0.15) is 18.2 Å². The predicted molar refractivity (Wildman–Crippen MR) is 74.5 cm³/mol. The molecule has 102 valence electrons. The van der Waals surface area contributed by atoms with E-state index in [4.69, 9.17) is 15.7 Å². The fourth-order valence-electron chi connectivity index (χ4n) is 1.99. The van der Waals surface area contributed by atoms with Gasteiger partial charge in [-0.3, -0.25) is 0 Å². The molecule has 4 heteroatoms. The summed E-state index contributed by atoms with van der Waals surface area (Å²) in [5, 5.41) is 8.83. The summed E-state index contributed by atoms with van der Waals surface area (Å²) < 4.78 is 19.4. The van der Waals surface area contributed by atoms with Gasteiger partial charge in [-0.15, -0.1) is 0 Å². The van der Waals surface area contributed by atoms with Gasteiger partial charge in [0.05, 0.1) is 11.6 Å². The molecular weight excluding hydrogens is 255 g/mol. The molecule has 0 amide bonds. The summed E-state index contributed by atoms with van der Waals surface area (Å²) in [6.07, 6.45) is 0. The van der Waals surface area contributed by atoms with E-state index >= 15 is 0 Å². The lowest BCUT2D eigenvalue weighted by atomic mass is 10.1. The monoisotopic (exact) mass is 270 g/mol. The first-order valence-electron chi connectivity index (χ1n) is 6.25. The normalized spacial score (nSPS) is 10.1. The Bertz CT molecular complexity index is 662. The zero-order valence-electron chi connectivity index (χ0n) is 11.2. The number of hydrogen-bond acceptors (Lipinski definition) is 3. The summed E-state index contributed by atoms with van der Waals surface area (Å²) in [4.78, 5) is 0. The third-order valence-electron chi connectivity index (χ3n) is 3.06. The van der Waals surface area contributed by atoms with Gasteiger partial charge in [0.2, 0.25) is 0 Å². The maximum Gasteiger partial charge on any atom is 0.129 e. The Kier molecular flexibility index (Phi) is 4.34. The molecule has 3 nitrogen and oxygen atoms in total. The molecule has 0 bridgehead atoms. The minimum Gasteiger partial charge on any atom is -0.488 e. The number of hydrogen-bond donors (Lipinski definition) is 1. The zero-order chi connectivity index (χ0) is 14.5. The van der Waals surface area contributed by atoms with Crippen molar-refractivity contribution in [3.8, 4) is 11.8 Å². The van der Waals surface area contributed by atoms with Crippen LogP contribution >= 0.6 is 0 Å². The summed E-state index contributed by atoms with van der Waals surface area (Å²) in [5.74, 6) is 0.295. The summed E-state index contributed by atoms with van der Waals surface area (Å²) in [7, 11) is 0. The van der Waals surface area contributed by atoms with Gasteiger partial charge in [0.25, 0.3) is 0 Å². The zero-order valence-corrected chi connectivity index (χ0v) is 11.2. The van der Waals surface area contributed by atoms with Crippen molar-refractivity contribution in [2.75, 3.05) is 0 Å². The van der Waals surface area contributed by atoms with Gasteiger partial charge in [-0.1, -0.05) is 18.2 Å². The number of nitrogens with zero attached hydrogens (tertiary/aromatic N) is 1. The van der Waals surface area contributed by atoms with Crippen molar-refractivity contribution in [3.05, 3.63) is 64.5 Å². The molecule has 0 unspecified atom stereocenters. The number of rotatable bonds is 4. The molecule has 0 aliphatic rings. The molecule has 20 heavy (non-hydrogen) atoms. The van der Waals surface area contributed by atoms with E-state index in [0.29, 0.717) is 23.4 Å². The average Bonchev–Trinajstić information content (AvgIpc) is 2.47. The molecule has 0 radical (unpaired) electrons. The van der Waals surface area contributed by atoms with E-state index in [1.165, 1.54) is 18.2 Å². The third-order valence-corrected chi connectivity index (χ3v) is 3.06. The van der Waals surface area contributed by atoms with E-state index in [0.717, 1.165) is 11.1 Å². The molecule has 2 aromatic rings. The summed E-state index contributed by atoms with van der Waals surface area (Å²) in [5.41, 5.74) is 8.26. The predicted octanol–water partition coefficient (Wildman–Crippen LogP) is 3.04. The molecule has 0 saturated carbocycles. The Balaban J connectivity index is 2.23. The van der Waals surface area contributed by atoms with Crippen LogP contribution in [0.1, 0.15) is 22.3 Å². The molecule has 2 N–H and O–H groups in total. The van der Waals surface area contributed by atoms with Crippen LogP contribution in [0.3, 0.4) is 0 Å². The van der Waals surface area contributed by atoms with Gasteiger partial charge < -0.3 is 10.5 Å². The Morgan fingerprint density at radius 1 is 1.25 bits per heavy atom. The molecule has 0 atom stereocenters. The maximum atomic E-state index is 13.7. The highest BCUT2D eigenvalue weighted by Crippen LogP contribution is 2.24. The van der Waals surface area contributed by atoms with Gasteiger partial charge >= 0.3 is 0 Å². The molecule has 2 aromatic carbocycles. The second-order valence-corrected chi connectivity index (χ2v) is 4.47. The standard InChI is InChI=1S/C16H15FN2O/c1-11-3-2-4-13(9-19)16(11)20-10-14-7-12(8-18)5-6-15(14)17/h2-7H,9-10,19H2,1H3. The first-order chi connectivity index (χ1) is 9.65. The number of para-hydroxylation sites is 1. The van der Waals surface area contributed by atoms with Crippen LogP contribution in [-0.4, -0.2) is 0 Å². The minimum absolute atomic E-state index is 0.0687. The second-order valence-electron chi connectivity index (χ2n) is 4.47. The SMILES string of the molecule is Cc1cccc(CN)c1OCc1cc(C#N)ccc1F. The van der Waals surface area contributed by atoms with E-state index in [-0.39, 0.29) is 12.4 Å². The molecular formula is C16H15FN2O. The molecule has 0 aliphatic carbocycles. The molecule has 2 rings (SSSR count). The van der Waals surface area contributed by atoms with Crippen LogP contribution in [-0.2, 0) is 13.2 Å². The van der Waals surface area contributed by atoms with Crippen LogP contribution in [0.5, 0.6) is 5.75 Å². The van der Waals surface area contributed by atoms with E-state index < -0.39 is 0 Å². The molecule has 0 aromatic heterocycles. The highest BCUT2D eigenvalue weighted by atomic mass is 19.1. The van der Waals surface area contributed by atoms with Crippen molar-refractivity contribution in [2.45, 2.75) is 20.1 Å². The van der Waals surface area contributed by atoms with E-state index in [2.05, 4.69) is 0 Å². The lowest BCUT2D eigenvalue weighted by Gasteiger charge is -2.13. The van der Waals surface area contributed by atoms with E-state index in [1.54, 1.807) is 0 Å². The lowest BCUT2D eigenvalue weighted by Crippen LogP contribution is -2.05. The van der Waals surface area contributed by atoms with Crippen LogP contribution in [0.2, 0.25) is 0 Å². The number of benzene rings is 2. The van der Waals surface area contributed by atoms with Crippen LogP contribution in [0.25, 0.3) is 0 Å². The lowest BCUT2D eigenvalue weighted by molar-refractivity contribution is 0.294. The number of aryl methyl sites for hydroxylation is 1. The largest absolute Gasteiger partial charge is 0.488 e. The average molecular weight is 270 g/mol. The highest BCUT2D eigenvalue weighted by molar-refractivity contribution is 5.41. The quantitative estimate of drug-likeness (QED) is 0.929. The van der Waals surface area contributed by atoms with Crippen molar-refractivity contribution in [1.82, 2.24) is 0 Å². The smallest absolute Gasteiger partial charge is 0.129 e. The van der Waals surface area contributed by atoms with Crippen molar-refractivity contribution in [2.24, 2.45) is 5.73 Å².